The highest BCUT2D eigenvalue weighted by atomic mass is 19.1. The molecule has 0 atom stereocenters. The van der Waals surface area contributed by atoms with Crippen LogP contribution in [0, 0.1) is 5.82 Å². The smallest absolute Gasteiger partial charge is 0.332 e. The molecule has 0 saturated carbocycles. The van der Waals surface area contributed by atoms with E-state index in [9.17, 15) is 14.0 Å². The Hall–Kier alpha value is -3.80. The van der Waals surface area contributed by atoms with Gasteiger partial charge in [0.1, 0.15) is 12.4 Å². The second-order valence-corrected chi connectivity index (χ2v) is 7.62. The molecule has 0 bridgehead atoms. The van der Waals surface area contributed by atoms with E-state index in [2.05, 4.69) is 20.5 Å². The number of piperazine rings is 1. The minimum absolute atomic E-state index is 0.0749. The number of aromatic nitrogens is 6. The fraction of sp³-hybridized carbons (Fsp3) is 0.350. The van der Waals surface area contributed by atoms with Crippen LogP contribution >= 0.6 is 0 Å². The first kappa shape index (κ1) is 20.1. The molecule has 0 amide bonds. The van der Waals surface area contributed by atoms with E-state index in [0.29, 0.717) is 24.6 Å². The molecule has 4 aromatic rings. The third kappa shape index (κ3) is 3.28. The third-order valence-corrected chi connectivity index (χ3v) is 5.56. The average Bonchev–Trinajstić information content (AvgIpc) is 3.42. The van der Waals surface area contributed by atoms with Gasteiger partial charge in [-0.05, 0) is 18.2 Å². The monoisotopic (exact) mass is 440 g/mol. The Kier molecular flexibility index (Phi) is 4.85. The van der Waals surface area contributed by atoms with Gasteiger partial charge in [0, 0.05) is 45.8 Å². The molecule has 1 saturated heterocycles. The largest absolute Gasteiger partial charge is 0.419 e. The first-order valence-corrected chi connectivity index (χ1v) is 10.1. The predicted molar refractivity (Wildman–Crippen MR) is 114 cm³/mol. The molecule has 0 radical (unpaired) electrons. The summed E-state index contributed by atoms with van der Waals surface area (Å²) in [7, 11) is 3.01. The highest BCUT2D eigenvalue weighted by Crippen LogP contribution is 2.23. The van der Waals surface area contributed by atoms with Gasteiger partial charge in [-0.1, -0.05) is 6.07 Å². The van der Waals surface area contributed by atoms with Crippen molar-refractivity contribution in [3.05, 3.63) is 56.8 Å². The van der Waals surface area contributed by atoms with E-state index in [1.165, 1.54) is 23.7 Å². The van der Waals surface area contributed by atoms with Gasteiger partial charge in [-0.3, -0.25) is 18.5 Å². The molecule has 5 rings (SSSR count). The maximum atomic E-state index is 13.6. The highest BCUT2D eigenvalue weighted by molar-refractivity contribution is 5.74. The lowest BCUT2D eigenvalue weighted by Gasteiger charge is -2.28. The van der Waals surface area contributed by atoms with Crippen LogP contribution in [0.2, 0.25) is 0 Å². The molecule has 4 heterocycles. The molecule has 0 aliphatic carbocycles. The van der Waals surface area contributed by atoms with Gasteiger partial charge < -0.3 is 14.6 Å². The minimum Gasteiger partial charge on any atom is -0.419 e. The number of rotatable bonds is 4. The van der Waals surface area contributed by atoms with Crippen molar-refractivity contribution in [2.45, 2.75) is 6.54 Å². The fourth-order valence-electron chi connectivity index (χ4n) is 3.88. The van der Waals surface area contributed by atoms with Gasteiger partial charge in [-0.2, -0.15) is 4.98 Å². The number of halogens is 1. The van der Waals surface area contributed by atoms with Crippen molar-refractivity contribution in [3.63, 3.8) is 0 Å². The van der Waals surface area contributed by atoms with Crippen molar-refractivity contribution in [3.8, 4) is 11.5 Å². The van der Waals surface area contributed by atoms with Gasteiger partial charge >= 0.3 is 5.69 Å². The zero-order valence-electron chi connectivity index (χ0n) is 17.6. The number of hydrogen-bond acceptors (Lipinski definition) is 8. The summed E-state index contributed by atoms with van der Waals surface area (Å²) in [6.07, 6.45) is 0. The van der Waals surface area contributed by atoms with Gasteiger partial charge in [-0.25, -0.2) is 9.18 Å². The number of nitrogens with zero attached hydrogens (tertiary/aromatic N) is 7. The van der Waals surface area contributed by atoms with E-state index in [0.717, 1.165) is 17.7 Å². The SMILES string of the molecule is Cn1c(=O)c2c(nc(N3CCNCC3)n2Cc2nnc(-c3cccc(F)c3)o2)n(C)c1=O. The lowest BCUT2D eigenvalue weighted by atomic mass is 10.2. The number of imidazole rings is 1. The van der Waals surface area contributed by atoms with Gasteiger partial charge in [0.15, 0.2) is 11.2 Å². The molecule has 1 N–H and O–H groups in total. The van der Waals surface area contributed by atoms with E-state index in [4.69, 9.17) is 4.42 Å². The molecule has 1 aliphatic heterocycles. The summed E-state index contributed by atoms with van der Waals surface area (Å²) in [5, 5.41) is 11.4. The normalized spacial score (nSPS) is 14.4. The summed E-state index contributed by atoms with van der Waals surface area (Å²) in [5.74, 6) is 0.544. The number of hydrogen-bond donors (Lipinski definition) is 1. The van der Waals surface area contributed by atoms with E-state index in [1.807, 2.05) is 4.90 Å². The van der Waals surface area contributed by atoms with Crippen molar-refractivity contribution in [2.24, 2.45) is 14.1 Å². The number of aryl methyl sites for hydroxylation is 1. The minimum atomic E-state index is -0.457. The molecule has 32 heavy (non-hydrogen) atoms. The molecular weight excluding hydrogens is 419 g/mol. The standard InChI is InChI=1S/C20H21FN8O3/c1-26-16-15(18(30)27(2)20(26)31)29(19(23-16)28-8-6-22-7-9-28)11-14-24-25-17(32-14)12-4-3-5-13(21)10-12/h3-5,10,22H,6-9,11H2,1-2H3. The first-order valence-electron chi connectivity index (χ1n) is 10.1. The van der Waals surface area contributed by atoms with Crippen molar-refractivity contribution in [1.29, 1.82) is 0 Å². The molecular formula is C20H21FN8O3. The number of anilines is 1. The Morgan fingerprint density at radius 1 is 1.12 bits per heavy atom. The van der Waals surface area contributed by atoms with Gasteiger partial charge in [-0.15, -0.1) is 10.2 Å². The van der Waals surface area contributed by atoms with Crippen LogP contribution in [0.25, 0.3) is 22.6 Å². The van der Waals surface area contributed by atoms with E-state index in [-0.39, 0.29) is 29.5 Å². The lowest BCUT2D eigenvalue weighted by molar-refractivity contribution is 0.486. The summed E-state index contributed by atoms with van der Waals surface area (Å²) in [5.41, 5.74) is 0.108. The lowest BCUT2D eigenvalue weighted by Crippen LogP contribution is -2.44. The summed E-state index contributed by atoms with van der Waals surface area (Å²) < 4.78 is 23.4. The zero-order chi connectivity index (χ0) is 22.4. The quantitative estimate of drug-likeness (QED) is 0.474. The van der Waals surface area contributed by atoms with E-state index in [1.54, 1.807) is 23.7 Å². The summed E-state index contributed by atoms with van der Waals surface area (Å²) in [6, 6.07) is 5.87. The Bertz CT molecular complexity index is 1430. The van der Waals surface area contributed by atoms with Crippen LogP contribution in [-0.2, 0) is 20.6 Å². The molecule has 0 unspecified atom stereocenters. The maximum Gasteiger partial charge on any atom is 0.332 e. The Balaban J connectivity index is 1.64. The molecule has 1 aromatic carbocycles. The number of nitrogens with one attached hydrogen (secondary N) is 1. The third-order valence-electron chi connectivity index (χ3n) is 5.56. The van der Waals surface area contributed by atoms with Crippen LogP contribution in [0.1, 0.15) is 5.89 Å². The summed E-state index contributed by atoms with van der Waals surface area (Å²) in [4.78, 5) is 32.1. The fourth-order valence-corrected chi connectivity index (χ4v) is 3.88. The van der Waals surface area contributed by atoms with Crippen LogP contribution in [0.3, 0.4) is 0 Å². The number of fused-ring (bicyclic) bond motifs is 1. The molecule has 11 nitrogen and oxygen atoms in total. The molecule has 0 spiro atoms. The molecule has 12 heteroatoms. The zero-order valence-corrected chi connectivity index (χ0v) is 17.6. The van der Waals surface area contributed by atoms with Crippen molar-refractivity contribution < 1.29 is 8.81 Å². The molecule has 166 valence electrons. The highest BCUT2D eigenvalue weighted by Gasteiger charge is 2.25. The number of benzene rings is 1. The Morgan fingerprint density at radius 3 is 2.66 bits per heavy atom. The van der Waals surface area contributed by atoms with Gasteiger partial charge in [0.05, 0.1) is 0 Å². The second kappa shape index (κ2) is 7.71. The molecule has 1 fully saturated rings. The van der Waals surface area contributed by atoms with Gasteiger partial charge in [0.25, 0.3) is 5.56 Å². The van der Waals surface area contributed by atoms with Crippen LogP contribution in [-0.4, -0.2) is 55.1 Å². The van der Waals surface area contributed by atoms with Gasteiger partial charge in [0.2, 0.25) is 17.7 Å². The van der Waals surface area contributed by atoms with E-state index >= 15 is 0 Å². The summed E-state index contributed by atoms with van der Waals surface area (Å²) >= 11 is 0. The Labute approximate surface area is 180 Å². The van der Waals surface area contributed by atoms with Crippen molar-refractivity contribution >= 4 is 17.1 Å². The molecule has 1 aliphatic rings. The molecule has 3 aromatic heterocycles. The summed E-state index contributed by atoms with van der Waals surface area (Å²) in [6.45, 7) is 2.99. The van der Waals surface area contributed by atoms with Crippen LogP contribution in [0.4, 0.5) is 10.3 Å². The predicted octanol–water partition coefficient (Wildman–Crippen LogP) is 0.0807. The van der Waals surface area contributed by atoms with E-state index < -0.39 is 17.1 Å². The van der Waals surface area contributed by atoms with Crippen LogP contribution in [0.15, 0.2) is 38.3 Å². The average molecular weight is 440 g/mol. The maximum absolute atomic E-state index is 13.6. The first-order chi connectivity index (χ1) is 15.4. The second-order valence-electron chi connectivity index (χ2n) is 7.62. The van der Waals surface area contributed by atoms with Crippen LogP contribution in [0.5, 0.6) is 0 Å². The van der Waals surface area contributed by atoms with Crippen molar-refractivity contribution in [2.75, 3.05) is 31.1 Å². The van der Waals surface area contributed by atoms with Crippen LogP contribution < -0.4 is 21.5 Å². The Morgan fingerprint density at radius 2 is 1.91 bits per heavy atom. The van der Waals surface area contributed by atoms with Crippen molar-refractivity contribution in [1.82, 2.24) is 34.2 Å². The topological polar surface area (TPSA) is 116 Å².